The lowest BCUT2D eigenvalue weighted by atomic mass is 9.85. The first kappa shape index (κ1) is 15.2. The molecule has 1 atom stereocenters. The van der Waals surface area contributed by atoms with E-state index in [1.165, 1.54) is 5.69 Å². The number of nitrogens with zero attached hydrogens (tertiary/aromatic N) is 1. The standard InChI is InChI=1S/C20H23N/c1-20(2,3)19(16-15-17-11-7-5-8-12-17)21(4)18-13-9-6-10-14-18/h5-14,19H,1-4H3/t19-/m0/s1. The van der Waals surface area contributed by atoms with Crippen LogP contribution in [0.5, 0.6) is 0 Å². The molecule has 0 aliphatic carbocycles. The van der Waals surface area contributed by atoms with Gasteiger partial charge in [-0.15, -0.1) is 0 Å². The van der Waals surface area contributed by atoms with Crippen LogP contribution in [0.4, 0.5) is 5.69 Å². The number of anilines is 1. The van der Waals surface area contributed by atoms with Gasteiger partial charge in [0.1, 0.15) is 0 Å². The highest BCUT2D eigenvalue weighted by Gasteiger charge is 2.26. The van der Waals surface area contributed by atoms with Crippen molar-refractivity contribution in [1.29, 1.82) is 0 Å². The van der Waals surface area contributed by atoms with Crippen LogP contribution in [0, 0.1) is 17.3 Å². The molecule has 0 N–H and O–H groups in total. The Labute approximate surface area is 128 Å². The molecule has 0 heterocycles. The Morgan fingerprint density at radius 3 is 1.90 bits per heavy atom. The van der Waals surface area contributed by atoms with Crippen molar-refractivity contribution in [2.24, 2.45) is 5.41 Å². The van der Waals surface area contributed by atoms with Gasteiger partial charge in [0.25, 0.3) is 0 Å². The molecule has 2 aromatic rings. The summed E-state index contributed by atoms with van der Waals surface area (Å²) in [6, 6.07) is 20.7. The van der Waals surface area contributed by atoms with E-state index in [0.717, 1.165) is 5.56 Å². The summed E-state index contributed by atoms with van der Waals surface area (Å²) in [5.41, 5.74) is 2.33. The number of hydrogen-bond donors (Lipinski definition) is 0. The van der Waals surface area contributed by atoms with E-state index in [1.807, 2.05) is 24.3 Å². The van der Waals surface area contributed by atoms with Crippen LogP contribution >= 0.6 is 0 Å². The molecule has 0 aliphatic rings. The van der Waals surface area contributed by atoms with E-state index in [2.05, 4.69) is 81.0 Å². The maximum atomic E-state index is 3.45. The van der Waals surface area contributed by atoms with E-state index >= 15 is 0 Å². The zero-order chi connectivity index (χ0) is 15.3. The van der Waals surface area contributed by atoms with Crippen LogP contribution in [-0.4, -0.2) is 13.1 Å². The molecule has 0 aromatic heterocycles. The minimum Gasteiger partial charge on any atom is -0.360 e. The van der Waals surface area contributed by atoms with Gasteiger partial charge >= 0.3 is 0 Å². The van der Waals surface area contributed by atoms with E-state index in [0.29, 0.717) is 0 Å². The highest BCUT2D eigenvalue weighted by atomic mass is 15.1. The molecule has 0 bridgehead atoms. The topological polar surface area (TPSA) is 3.24 Å². The van der Waals surface area contributed by atoms with Crippen LogP contribution in [0.3, 0.4) is 0 Å². The highest BCUT2D eigenvalue weighted by molar-refractivity contribution is 5.49. The first-order chi connectivity index (χ1) is 9.98. The molecule has 0 saturated carbocycles. The lowest BCUT2D eigenvalue weighted by molar-refractivity contribution is 0.364. The van der Waals surface area contributed by atoms with Gasteiger partial charge < -0.3 is 4.90 Å². The smallest absolute Gasteiger partial charge is 0.0952 e. The fourth-order valence-corrected chi connectivity index (χ4v) is 2.38. The molecule has 1 heteroatoms. The fraction of sp³-hybridized carbons (Fsp3) is 0.300. The molecule has 21 heavy (non-hydrogen) atoms. The van der Waals surface area contributed by atoms with Crippen LogP contribution in [0.1, 0.15) is 26.3 Å². The molecular formula is C20H23N. The third-order valence-corrected chi connectivity index (χ3v) is 3.50. The first-order valence-electron chi connectivity index (χ1n) is 7.33. The van der Waals surface area contributed by atoms with Crippen LogP contribution in [-0.2, 0) is 0 Å². The average molecular weight is 277 g/mol. The number of rotatable bonds is 2. The van der Waals surface area contributed by atoms with Gasteiger partial charge in [0.05, 0.1) is 6.04 Å². The second-order valence-electron chi connectivity index (χ2n) is 6.35. The summed E-state index contributed by atoms with van der Waals surface area (Å²) < 4.78 is 0. The summed E-state index contributed by atoms with van der Waals surface area (Å²) in [5.74, 6) is 6.76. The largest absolute Gasteiger partial charge is 0.360 e. The van der Waals surface area contributed by atoms with E-state index < -0.39 is 0 Å². The quantitative estimate of drug-likeness (QED) is 0.726. The Hall–Kier alpha value is -2.20. The summed E-state index contributed by atoms with van der Waals surface area (Å²) in [6.07, 6.45) is 0. The van der Waals surface area contributed by atoms with Crippen LogP contribution in [0.2, 0.25) is 0 Å². The number of benzene rings is 2. The Kier molecular flexibility index (Phi) is 4.70. The third-order valence-electron chi connectivity index (χ3n) is 3.50. The minimum absolute atomic E-state index is 0.0758. The van der Waals surface area contributed by atoms with Gasteiger partial charge in [-0.2, -0.15) is 0 Å². The van der Waals surface area contributed by atoms with Crippen molar-refractivity contribution >= 4 is 5.69 Å². The van der Waals surface area contributed by atoms with Gasteiger partial charge in [-0.3, -0.25) is 0 Å². The van der Waals surface area contributed by atoms with E-state index in [9.17, 15) is 0 Å². The average Bonchev–Trinajstić information content (AvgIpc) is 2.48. The van der Waals surface area contributed by atoms with E-state index in [1.54, 1.807) is 0 Å². The molecule has 0 amide bonds. The Morgan fingerprint density at radius 1 is 0.857 bits per heavy atom. The maximum absolute atomic E-state index is 3.45. The monoisotopic (exact) mass is 277 g/mol. The Morgan fingerprint density at radius 2 is 1.38 bits per heavy atom. The number of hydrogen-bond acceptors (Lipinski definition) is 1. The normalized spacial score (nSPS) is 12.2. The zero-order valence-electron chi connectivity index (χ0n) is 13.3. The van der Waals surface area contributed by atoms with Gasteiger partial charge in [-0.1, -0.05) is 69.0 Å². The second-order valence-corrected chi connectivity index (χ2v) is 6.35. The molecule has 0 saturated heterocycles. The summed E-state index contributed by atoms with van der Waals surface area (Å²) in [6.45, 7) is 6.70. The van der Waals surface area contributed by atoms with Gasteiger partial charge in [-0.25, -0.2) is 0 Å². The van der Waals surface area contributed by atoms with Crippen LogP contribution in [0.15, 0.2) is 60.7 Å². The molecule has 2 aromatic carbocycles. The lowest BCUT2D eigenvalue weighted by Crippen LogP contribution is -2.40. The van der Waals surface area contributed by atoms with Crippen molar-refractivity contribution in [3.05, 3.63) is 66.2 Å². The minimum atomic E-state index is 0.0758. The third kappa shape index (κ3) is 4.13. The first-order valence-corrected chi connectivity index (χ1v) is 7.33. The molecule has 1 nitrogen and oxygen atoms in total. The van der Waals surface area contributed by atoms with Gasteiger partial charge in [0.2, 0.25) is 0 Å². The van der Waals surface area contributed by atoms with Gasteiger partial charge in [-0.05, 0) is 29.7 Å². The molecule has 0 radical (unpaired) electrons. The van der Waals surface area contributed by atoms with Crippen LogP contribution in [0.25, 0.3) is 0 Å². The van der Waals surface area contributed by atoms with Crippen molar-refractivity contribution in [2.75, 3.05) is 11.9 Å². The molecule has 0 spiro atoms. The van der Waals surface area contributed by atoms with Crippen molar-refractivity contribution in [2.45, 2.75) is 26.8 Å². The van der Waals surface area contributed by atoms with Crippen molar-refractivity contribution in [3.8, 4) is 11.8 Å². The summed E-state index contributed by atoms with van der Waals surface area (Å²) >= 11 is 0. The van der Waals surface area contributed by atoms with Crippen LogP contribution < -0.4 is 4.90 Å². The number of para-hydroxylation sites is 1. The summed E-state index contributed by atoms with van der Waals surface area (Å²) in [7, 11) is 2.12. The molecule has 108 valence electrons. The SMILES string of the molecule is CN(c1ccccc1)[C@@H](C#Cc1ccccc1)C(C)(C)C. The predicted octanol–water partition coefficient (Wildman–Crippen LogP) is 4.59. The Bertz CT molecular complexity index is 612. The maximum Gasteiger partial charge on any atom is 0.0952 e. The summed E-state index contributed by atoms with van der Waals surface area (Å²) in [5, 5.41) is 0. The van der Waals surface area contributed by atoms with Gasteiger partial charge in [0.15, 0.2) is 0 Å². The Balaban J connectivity index is 2.30. The molecular weight excluding hydrogens is 254 g/mol. The summed E-state index contributed by atoms with van der Waals surface area (Å²) in [4.78, 5) is 2.26. The second kappa shape index (κ2) is 6.50. The van der Waals surface area contributed by atoms with E-state index in [-0.39, 0.29) is 11.5 Å². The van der Waals surface area contributed by atoms with Gasteiger partial charge in [0, 0.05) is 18.3 Å². The molecule has 0 fully saturated rings. The zero-order valence-corrected chi connectivity index (χ0v) is 13.3. The van der Waals surface area contributed by atoms with Crippen molar-refractivity contribution in [1.82, 2.24) is 0 Å². The fourth-order valence-electron chi connectivity index (χ4n) is 2.38. The van der Waals surface area contributed by atoms with E-state index in [4.69, 9.17) is 0 Å². The molecule has 0 unspecified atom stereocenters. The molecule has 0 aliphatic heterocycles. The molecule has 2 rings (SSSR count). The highest BCUT2D eigenvalue weighted by Crippen LogP contribution is 2.27. The predicted molar refractivity (Wildman–Crippen MR) is 91.4 cm³/mol. The van der Waals surface area contributed by atoms with Crippen molar-refractivity contribution in [3.63, 3.8) is 0 Å². The lowest BCUT2D eigenvalue weighted by Gasteiger charge is -2.35. The van der Waals surface area contributed by atoms with Crippen molar-refractivity contribution < 1.29 is 0 Å².